The molecule has 1 aromatic carbocycles. The highest BCUT2D eigenvalue weighted by Gasteiger charge is 2.45. The van der Waals surface area contributed by atoms with Crippen molar-refractivity contribution >= 4 is 55.8 Å². The molecule has 3 heterocycles. The number of nitrogens with zero attached hydrogens (tertiary/aromatic N) is 5. The molecule has 1 aliphatic heterocycles. The standard InChI is InChI=1S/C17H20Cl2N6O8P2/c18-9-4-2-1-3-8(9)5-20-14-11-15(22-17(19)21-14)25(24-23-11)16-13(27)12(26)10(33-16)6-32-34(28)7-35(29,30)31/h1-4,10,12-13,16,26-27,34H,5-7H2,(H,20,21,22)(H2,29,30,31)/t10-,12-,13-,16-/m1/s1. The summed E-state index contributed by atoms with van der Waals surface area (Å²) < 4.78 is 34.4. The number of halogens is 2. The molecular weight excluding hydrogens is 549 g/mol. The Balaban J connectivity index is 1.52. The Morgan fingerprint density at radius 2 is 1.94 bits per heavy atom. The van der Waals surface area contributed by atoms with Crippen molar-refractivity contribution in [1.29, 1.82) is 0 Å². The highest BCUT2D eigenvalue weighted by molar-refractivity contribution is 7.64. The molecule has 0 spiro atoms. The smallest absolute Gasteiger partial charge is 0.334 e. The van der Waals surface area contributed by atoms with Crippen molar-refractivity contribution < 1.29 is 38.4 Å². The van der Waals surface area contributed by atoms with Crippen LogP contribution in [0.4, 0.5) is 5.82 Å². The van der Waals surface area contributed by atoms with Crippen LogP contribution >= 0.6 is 38.8 Å². The van der Waals surface area contributed by atoms with Gasteiger partial charge in [-0.3, -0.25) is 9.13 Å². The average molecular weight is 569 g/mol. The highest BCUT2D eigenvalue weighted by Crippen LogP contribution is 2.45. The van der Waals surface area contributed by atoms with Gasteiger partial charge in [0, 0.05) is 11.6 Å². The van der Waals surface area contributed by atoms with E-state index < -0.39 is 52.7 Å². The van der Waals surface area contributed by atoms with E-state index in [1.165, 1.54) is 0 Å². The zero-order valence-corrected chi connectivity index (χ0v) is 21.0. The molecule has 2 aromatic heterocycles. The number of anilines is 1. The molecule has 1 saturated heterocycles. The summed E-state index contributed by atoms with van der Waals surface area (Å²) in [6, 6.07) is 7.19. The van der Waals surface area contributed by atoms with Crippen LogP contribution in [-0.2, 0) is 24.9 Å². The maximum absolute atomic E-state index is 11.7. The van der Waals surface area contributed by atoms with E-state index in [1.54, 1.807) is 12.1 Å². The maximum Gasteiger partial charge on any atom is 0.334 e. The summed E-state index contributed by atoms with van der Waals surface area (Å²) in [6.07, 6.45) is -5.43. The first kappa shape index (κ1) is 26.4. The molecule has 0 aliphatic carbocycles. The first-order valence-corrected chi connectivity index (χ1v) is 14.1. The number of aromatic nitrogens is 5. The van der Waals surface area contributed by atoms with Gasteiger partial charge in [-0.25, -0.2) is 0 Å². The predicted octanol–water partition coefficient (Wildman–Crippen LogP) is 1.39. The van der Waals surface area contributed by atoms with Gasteiger partial charge in [0.25, 0.3) is 0 Å². The summed E-state index contributed by atoms with van der Waals surface area (Å²) >= 11 is 12.3. The fourth-order valence-corrected chi connectivity index (χ4v) is 5.80. The van der Waals surface area contributed by atoms with E-state index in [1.807, 2.05) is 12.1 Å². The van der Waals surface area contributed by atoms with E-state index >= 15 is 0 Å². The quantitative estimate of drug-likeness (QED) is 0.183. The number of rotatable bonds is 9. The van der Waals surface area contributed by atoms with Gasteiger partial charge in [-0.2, -0.15) is 14.6 Å². The fourth-order valence-electron chi connectivity index (χ4n) is 3.38. The molecular formula is C17H20Cl2N6O8P2. The van der Waals surface area contributed by atoms with Crippen molar-refractivity contribution in [3.63, 3.8) is 0 Å². The lowest BCUT2D eigenvalue weighted by Gasteiger charge is -2.15. The third kappa shape index (κ3) is 6.17. The number of aliphatic hydroxyl groups is 2. The monoisotopic (exact) mass is 568 g/mol. The van der Waals surface area contributed by atoms with Crippen LogP contribution in [0.2, 0.25) is 10.3 Å². The molecule has 5 atom stereocenters. The predicted molar refractivity (Wildman–Crippen MR) is 125 cm³/mol. The number of benzene rings is 1. The largest absolute Gasteiger partial charge is 0.387 e. The van der Waals surface area contributed by atoms with Crippen molar-refractivity contribution in [2.24, 2.45) is 0 Å². The summed E-state index contributed by atoms with van der Waals surface area (Å²) in [4.78, 5) is 26.0. The molecule has 4 rings (SSSR count). The molecule has 14 nitrogen and oxygen atoms in total. The number of fused-ring (bicyclic) bond motifs is 1. The van der Waals surface area contributed by atoms with Crippen LogP contribution in [0.25, 0.3) is 11.2 Å². The third-order valence-electron chi connectivity index (χ3n) is 5.02. The van der Waals surface area contributed by atoms with Crippen molar-refractivity contribution in [2.75, 3.05) is 17.8 Å². The van der Waals surface area contributed by atoms with Crippen molar-refractivity contribution in [1.82, 2.24) is 25.0 Å². The third-order valence-corrected chi connectivity index (χ3v) is 8.73. The second kappa shape index (κ2) is 10.7. The van der Waals surface area contributed by atoms with Crippen LogP contribution in [-0.4, -0.2) is 75.8 Å². The van der Waals surface area contributed by atoms with Crippen LogP contribution in [0.5, 0.6) is 0 Å². The zero-order valence-electron chi connectivity index (χ0n) is 17.6. The van der Waals surface area contributed by atoms with E-state index in [4.69, 9.17) is 42.2 Å². The number of hydrogen-bond acceptors (Lipinski definition) is 11. The Morgan fingerprint density at radius 1 is 1.20 bits per heavy atom. The van der Waals surface area contributed by atoms with Crippen LogP contribution < -0.4 is 5.32 Å². The van der Waals surface area contributed by atoms with Crippen LogP contribution in [0, 0.1) is 0 Å². The van der Waals surface area contributed by atoms with Crippen LogP contribution in [0.1, 0.15) is 11.8 Å². The second-order valence-electron chi connectivity index (χ2n) is 7.54. The Hall–Kier alpha value is -1.70. The average Bonchev–Trinajstić information content (AvgIpc) is 3.31. The summed E-state index contributed by atoms with van der Waals surface area (Å²) in [5.41, 5.74) is 1.10. The molecule has 0 amide bonds. The van der Waals surface area contributed by atoms with Crippen molar-refractivity contribution in [3.8, 4) is 0 Å². The van der Waals surface area contributed by atoms with Gasteiger partial charge in [-0.15, -0.1) is 5.10 Å². The Labute approximate surface area is 208 Å². The molecule has 35 heavy (non-hydrogen) atoms. The van der Waals surface area contributed by atoms with Gasteiger partial charge < -0.3 is 34.6 Å². The minimum Gasteiger partial charge on any atom is -0.387 e. The minimum atomic E-state index is -4.53. The SMILES string of the molecule is O=[PH](CP(=O)(O)O)OC[C@H]1O[C@@H](n2nnc3c(NCc4ccccc4Cl)nc(Cl)nc32)[C@H](O)[C@@H]1O. The van der Waals surface area contributed by atoms with E-state index in [0.717, 1.165) is 10.2 Å². The molecule has 0 saturated carbocycles. The van der Waals surface area contributed by atoms with Gasteiger partial charge in [0.1, 0.15) is 24.2 Å². The zero-order chi connectivity index (χ0) is 25.3. The number of aliphatic hydroxyl groups excluding tert-OH is 2. The summed E-state index contributed by atoms with van der Waals surface area (Å²) in [6.45, 7) is -0.191. The van der Waals surface area contributed by atoms with Crippen molar-refractivity contribution in [3.05, 3.63) is 40.1 Å². The van der Waals surface area contributed by atoms with Gasteiger partial charge in [-0.1, -0.05) is 35.0 Å². The molecule has 190 valence electrons. The fraction of sp³-hybridized carbons (Fsp3) is 0.412. The topological polar surface area (TPSA) is 202 Å². The lowest BCUT2D eigenvalue weighted by molar-refractivity contribution is -0.0534. The number of nitrogens with one attached hydrogen (secondary N) is 1. The first-order chi connectivity index (χ1) is 16.5. The molecule has 0 radical (unpaired) electrons. The van der Waals surface area contributed by atoms with Gasteiger partial charge >= 0.3 is 7.60 Å². The first-order valence-electron chi connectivity index (χ1n) is 10.0. The maximum atomic E-state index is 11.7. The van der Waals surface area contributed by atoms with Gasteiger partial charge in [0.15, 0.2) is 23.2 Å². The summed E-state index contributed by atoms with van der Waals surface area (Å²) in [5.74, 6) is -0.699. The van der Waals surface area contributed by atoms with Gasteiger partial charge in [0.2, 0.25) is 13.3 Å². The van der Waals surface area contributed by atoms with Gasteiger partial charge in [-0.05, 0) is 23.2 Å². The Bertz CT molecular complexity index is 1290. The molecule has 5 N–H and O–H groups in total. The van der Waals surface area contributed by atoms with E-state index in [-0.39, 0.29) is 22.3 Å². The Morgan fingerprint density at radius 3 is 2.66 bits per heavy atom. The normalized spacial score (nSPS) is 23.6. The molecule has 18 heteroatoms. The highest BCUT2D eigenvalue weighted by atomic mass is 35.5. The summed E-state index contributed by atoms with van der Waals surface area (Å²) in [5, 5.41) is 32.3. The summed E-state index contributed by atoms with van der Waals surface area (Å²) in [7, 11) is -7.63. The number of ether oxygens (including phenoxy) is 1. The molecule has 1 unspecified atom stereocenters. The van der Waals surface area contributed by atoms with E-state index in [0.29, 0.717) is 11.6 Å². The lowest BCUT2D eigenvalue weighted by Crippen LogP contribution is -2.33. The van der Waals surface area contributed by atoms with E-state index in [2.05, 4.69) is 25.6 Å². The number of hydrogen-bond donors (Lipinski definition) is 5. The minimum absolute atomic E-state index is 0.0968. The van der Waals surface area contributed by atoms with Crippen molar-refractivity contribution in [2.45, 2.75) is 31.1 Å². The Kier molecular flexibility index (Phi) is 8.08. The second-order valence-corrected chi connectivity index (χ2v) is 11.9. The van der Waals surface area contributed by atoms with Crippen LogP contribution in [0.3, 0.4) is 0 Å². The lowest BCUT2D eigenvalue weighted by atomic mass is 10.1. The molecule has 1 aliphatic rings. The molecule has 3 aromatic rings. The van der Waals surface area contributed by atoms with Crippen LogP contribution in [0.15, 0.2) is 24.3 Å². The van der Waals surface area contributed by atoms with Gasteiger partial charge in [0.05, 0.1) is 6.61 Å². The molecule has 0 bridgehead atoms. The van der Waals surface area contributed by atoms with E-state index in [9.17, 15) is 19.3 Å². The molecule has 1 fully saturated rings.